The van der Waals surface area contributed by atoms with Gasteiger partial charge in [0.25, 0.3) is 0 Å². The quantitative estimate of drug-likeness (QED) is 0.325. The van der Waals surface area contributed by atoms with Crippen molar-refractivity contribution in [3.63, 3.8) is 0 Å². The molecule has 42 valence electrons. The molecule has 0 aliphatic heterocycles. The minimum atomic E-state index is 0. The Bertz CT molecular complexity index is 152. The predicted molar refractivity (Wildman–Crippen MR) is 36.1 cm³/mol. The standard InChI is InChI=1S/C6H6OP.Li/c7-5-1-3-6(8)4-2-5;/h1-4,7-8H;/q-1;+1. The molecule has 0 bridgehead atoms. The summed E-state index contributed by atoms with van der Waals surface area (Å²) in [5, 5.41) is 9.71. The maximum atomic E-state index is 8.74. The van der Waals surface area contributed by atoms with Crippen LogP contribution in [0.4, 0.5) is 0 Å². The van der Waals surface area contributed by atoms with Gasteiger partial charge in [-0.2, -0.15) is 0 Å². The van der Waals surface area contributed by atoms with Crippen molar-refractivity contribution in [2.24, 2.45) is 0 Å². The average Bonchev–Trinajstić information content (AvgIpc) is 1.77. The van der Waals surface area contributed by atoms with E-state index in [1.807, 2.05) is 0 Å². The fourth-order valence-corrected chi connectivity index (χ4v) is 0.628. The van der Waals surface area contributed by atoms with Crippen molar-refractivity contribution < 1.29 is 24.0 Å². The van der Waals surface area contributed by atoms with Crippen LogP contribution >= 0.6 is 9.24 Å². The van der Waals surface area contributed by atoms with Gasteiger partial charge >= 0.3 is 18.9 Å². The van der Waals surface area contributed by atoms with Crippen LogP contribution in [0, 0.1) is 0 Å². The Hall–Kier alpha value is 0.0474. The molecule has 0 amide bonds. The van der Waals surface area contributed by atoms with E-state index in [2.05, 4.69) is 9.24 Å². The van der Waals surface area contributed by atoms with Crippen molar-refractivity contribution in [3.8, 4) is 5.75 Å². The van der Waals surface area contributed by atoms with Crippen LogP contribution in [0.15, 0.2) is 24.3 Å². The third kappa shape index (κ3) is 2.92. The molecule has 0 saturated heterocycles. The van der Waals surface area contributed by atoms with E-state index in [-0.39, 0.29) is 18.9 Å². The summed E-state index contributed by atoms with van der Waals surface area (Å²) < 4.78 is 0. The molecule has 3 heteroatoms. The van der Waals surface area contributed by atoms with Gasteiger partial charge in [0.1, 0.15) is 5.75 Å². The summed E-state index contributed by atoms with van der Waals surface area (Å²) >= 11 is 0. The molecule has 0 aromatic heterocycles. The summed E-state index contributed by atoms with van der Waals surface area (Å²) in [4.78, 5) is 0. The Labute approximate surface area is 68.9 Å². The molecule has 0 heterocycles. The molecule has 9 heavy (non-hydrogen) atoms. The Morgan fingerprint density at radius 3 is 1.89 bits per heavy atom. The molecule has 1 nitrogen and oxygen atoms in total. The fraction of sp³-hybridized carbons (Fsp3) is 0. The van der Waals surface area contributed by atoms with Crippen molar-refractivity contribution in [2.75, 3.05) is 0 Å². The van der Waals surface area contributed by atoms with Crippen molar-refractivity contribution in [1.29, 1.82) is 0 Å². The summed E-state index contributed by atoms with van der Waals surface area (Å²) in [5.41, 5.74) is 0. The summed E-state index contributed by atoms with van der Waals surface area (Å²) in [6, 6.07) is 6.82. The molecular formula is C6H6LiOP. The van der Waals surface area contributed by atoms with E-state index in [1.165, 1.54) is 0 Å². The van der Waals surface area contributed by atoms with Crippen LogP contribution < -0.4 is 24.2 Å². The second-order valence-corrected chi connectivity index (χ2v) is 2.12. The molecule has 0 fully saturated rings. The first kappa shape index (κ1) is 9.05. The number of benzene rings is 1. The average molecular weight is 132 g/mol. The van der Waals surface area contributed by atoms with Gasteiger partial charge in [-0.05, 0) is 12.1 Å². The monoisotopic (exact) mass is 132 g/mol. The Morgan fingerprint density at radius 2 is 1.56 bits per heavy atom. The minimum absolute atomic E-state index is 0. The minimum Gasteiger partial charge on any atom is -0.525 e. The van der Waals surface area contributed by atoms with Gasteiger partial charge in [-0.25, -0.2) is 5.30 Å². The van der Waals surface area contributed by atoms with Crippen LogP contribution in [0.2, 0.25) is 0 Å². The molecular weight excluding hydrogens is 126 g/mol. The van der Waals surface area contributed by atoms with Crippen molar-refractivity contribution >= 4 is 14.5 Å². The van der Waals surface area contributed by atoms with Crippen LogP contribution in [-0.4, -0.2) is 5.11 Å². The van der Waals surface area contributed by atoms with Gasteiger partial charge in [0.05, 0.1) is 0 Å². The number of aromatic hydroxyl groups is 1. The smallest absolute Gasteiger partial charge is 0.525 e. The molecule has 0 saturated carbocycles. The SMILES string of the molecule is Oc1ccc([PH-])cc1.[Li+]. The van der Waals surface area contributed by atoms with Gasteiger partial charge in [-0.3, -0.25) is 0 Å². The third-order valence-corrected chi connectivity index (χ3v) is 1.20. The van der Waals surface area contributed by atoms with E-state index in [4.69, 9.17) is 5.11 Å². The Kier molecular flexibility index (Phi) is 3.98. The zero-order chi connectivity index (χ0) is 5.98. The maximum absolute atomic E-state index is 8.74. The van der Waals surface area contributed by atoms with E-state index < -0.39 is 0 Å². The van der Waals surface area contributed by atoms with E-state index in [0.29, 0.717) is 5.75 Å². The number of hydrogen-bond donors (Lipinski definition) is 1. The van der Waals surface area contributed by atoms with Crippen LogP contribution in [0.5, 0.6) is 5.75 Å². The predicted octanol–water partition coefficient (Wildman–Crippen LogP) is -1.84. The van der Waals surface area contributed by atoms with Crippen LogP contribution in [0.1, 0.15) is 0 Å². The first-order valence-corrected chi connectivity index (χ1v) is 2.79. The van der Waals surface area contributed by atoms with Gasteiger partial charge in [0.15, 0.2) is 0 Å². The molecule has 0 radical (unpaired) electrons. The first-order chi connectivity index (χ1) is 3.79. The number of hydrogen-bond acceptors (Lipinski definition) is 1. The van der Waals surface area contributed by atoms with Crippen molar-refractivity contribution in [2.45, 2.75) is 0 Å². The number of phenols is 1. The zero-order valence-electron chi connectivity index (χ0n) is 5.26. The molecule has 0 unspecified atom stereocenters. The maximum Gasteiger partial charge on any atom is 1.00 e. The van der Waals surface area contributed by atoms with Gasteiger partial charge in [0.2, 0.25) is 0 Å². The number of phenolic OH excluding ortho intramolecular Hbond substituents is 1. The molecule has 0 aliphatic rings. The second-order valence-electron chi connectivity index (χ2n) is 1.55. The summed E-state index contributed by atoms with van der Waals surface area (Å²) in [5.74, 6) is 0.298. The molecule has 0 spiro atoms. The second kappa shape index (κ2) is 3.96. The Morgan fingerprint density at radius 1 is 1.11 bits per heavy atom. The van der Waals surface area contributed by atoms with Gasteiger partial charge < -0.3 is 14.3 Å². The largest absolute Gasteiger partial charge is 1.00 e. The summed E-state index contributed by atoms with van der Waals surface area (Å²) in [7, 11) is 3.28. The molecule has 0 atom stereocenters. The third-order valence-electron chi connectivity index (χ3n) is 0.867. The van der Waals surface area contributed by atoms with E-state index in [1.54, 1.807) is 24.3 Å². The van der Waals surface area contributed by atoms with E-state index in [0.717, 1.165) is 5.30 Å². The first-order valence-electron chi connectivity index (χ1n) is 2.29. The molecule has 1 rings (SSSR count). The molecule has 1 aromatic carbocycles. The van der Waals surface area contributed by atoms with Crippen molar-refractivity contribution in [1.82, 2.24) is 0 Å². The van der Waals surface area contributed by atoms with E-state index in [9.17, 15) is 0 Å². The molecule has 1 N–H and O–H groups in total. The van der Waals surface area contributed by atoms with E-state index >= 15 is 0 Å². The fourth-order valence-electron chi connectivity index (χ4n) is 0.461. The Balaban J connectivity index is 0.000000640. The van der Waals surface area contributed by atoms with Crippen molar-refractivity contribution in [3.05, 3.63) is 24.3 Å². The van der Waals surface area contributed by atoms with Gasteiger partial charge in [-0.1, -0.05) is 12.1 Å². The van der Waals surface area contributed by atoms with Crippen LogP contribution in [0.3, 0.4) is 0 Å². The van der Waals surface area contributed by atoms with Crippen LogP contribution in [-0.2, 0) is 0 Å². The van der Waals surface area contributed by atoms with Gasteiger partial charge in [0, 0.05) is 0 Å². The topological polar surface area (TPSA) is 20.2 Å². The number of rotatable bonds is 0. The van der Waals surface area contributed by atoms with Gasteiger partial charge in [-0.15, -0.1) is 0 Å². The molecule has 0 aliphatic carbocycles. The summed E-state index contributed by atoms with van der Waals surface area (Å²) in [6.45, 7) is 0. The normalized spacial score (nSPS) is 8.11. The summed E-state index contributed by atoms with van der Waals surface area (Å²) in [6.07, 6.45) is 0. The zero-order valence-corrected chi connectivity index (χ0v) is 6.26. The molecule has 1 aromatic rings. The van der Waals surface area contributed by atoms with Crippen LogP contribution in [0.25, 0.3) is 0 Å².